The lowest BCUT2D eigenvalue weighted by molar-refractivity contribution is -0.139. The minimum Gasteiger partial charge on any atom is -0.497 e. The number of carboxylic acids is 1. The SMILES string of the molecule is COc1cccc(OC(C)(C)CC(N)C(=O)O)c1. The Bertz CT molecular complexity index is 417. The van der Waals surface area contributed by atoms with Crippen LogP contribution in [-0.2, 0) is 4.79 Å². The summed E-state index contributed by atoms with van der Waals surface area (Å²) in [6.45, 7) is 3.60. The van der Waals surface area contributed by atoms with Gasteiger partial charge >= 0.3 is 5.97 Å². The highest BCUT2D eigenvalue weighted by atomic mass is 16.5. The lowest BCUT2D eigenvalue weighted by Gasteiger charge is -2.28. The number of benzene rings is 1. The van der Waals surface area contributed by atoms with Crippen molar-refractivity contribution in [2.24, 2.45) is 5.73 Å². The van der Waals surface area contributed by atoms with Crippen LogP contribution in [-0.4, -0.2) is 29.8 Å². The highest BCUT2D eigenvalue weighted by molar-refractivity contribution is 5.73. The molecule has 0 bridgehead atoms. The minimum atomic E-state index is -1.03. The van der Waals surface area contributed by atoms with Gasteiger partial charge in [-0.05, 0) is 26.0 Å². The quantitative estimate of drug-likeness (QED) is 0.805. The van der Waals surface area contributed by atoms with E-state index in [0.29, 0.717) is 11.5 Å². The number of carboxylic acid groups (broad SMARTS) is 1. The van der Waals surface area contributed by atoms with Crippen molar-refractivity contribution in [2.75, 3.05) is 7.11 Å². The van der Waals surface area contributed by atoms with Crippen molar-refractivity contribution in [1.29, 1.82) is 0 Å². The Labute approximate surface area is 107 Å². The highest BCUT2D eigenvalue weighted by Gasteiger charge is 2.27. The van der Waals surface area contributed by atoms with E-state index in [9.17, 15) is 4.79 Å². The molecule has 0 saturated heterocycles. The second-order valence-electron chi connectivity index (χ2n) is 4.69. The Morgan fingerprint density at radius 2 is 2.06 bits per heavy atom. The van der Waals surface area contributed by atoms with Crippen LogP contribution in [0.2, 0.25) is 0 Å². The van der Waals surface area contributed by atoms with Crippen LogP contribution < -0.4 is 15.2 Å². The third kappa shape index (κ3) is 4.25. The van der Waals surface area contributed by atoms with E-state index in [-0.39, 0.29) is 6.42 Å². The van der Waals surface area contributed by atoms with E-state index in [1.165, 1.54) is 0 Å². The van der Waals surface area contributed by atoms with Gasteiger partial charge in [0, 0.05) is 12.5 Å². The molecule has 1 unspecified atom stereocenters. The zero-order chi connectivity index (χ0) is 13.8. The Morgan fingerprint density at radius 1 is 1.44 bits per heavy atom. The molecule has 5 heteroatoms. The maximum Gasteiger partial charge on any atom is 0.320 e. The van der Waals surface area contributed by atoms with Crippen molar-refractivity contribution in [3.63, 3.8) is 0 Å². The fourth-order valence-corrected chi connectivity index (χ4v) is 1.64. The molecule has 0 amide bonds. The number of ether oxygens (including phenoxy) is 2. The molecule has 18 heavy (non-hydrogen) atoms. The fourth-order valence-electron chi connectivity index (χ4n) is 1.64. The predicted molar refractivity (Wildman–Crippen MR) is 67.9 cm³/mol. The Balaban J connectivity index is 2.72. The molecule has 0 heterocycles. The molecule has 0 spiro atoms. The molecule has 3 N–H and O–H groups in total. The Kier molecular flexibility index (Phi) is 4.55. The summed E-state index contributed by atoms with van der Waals surface area (Å²) in [5, 5.41) is 8.79. The van der Waals surface area contributed by atoms with Crippen LogP contribution >= 0.6 is 0 Å². The van der Waals surface area contributed by atoms with Crippen molar-refractivity contribution in [3.05, 3.63) is 24.3 Å². The monoisotopic (exact) mass is 253 g/mol. The lowest BCUT2D eigenvalue weighted by atomic mass is 9.99. The Morgan fingerprint density at radius 3 is 2.61 bits per heavy atom. The van der Waals surface area contributed by atoms with Gasteiger partial charge in [-0.15, -0.1) is 0 Å². The van der Waals surface area contributed by atoms with Gasteiger partial charge in [-0.1, -0.05) is 6.07 Å². The van der Waals surface area contributed by atoms with Crippen LogP contribution in [0.15, 0.2) is 24.3 Å². The zero-order valence-corrected chi connectivity index (χ0v) is 10.8. The summed E-state index contributed by atoms with van der Waals surface area (Å²) in [4.78, 5) is 10.7. The molecule has 5 nitrogen and oxygen atoms in total. The van der Waals surface area contributed by atoms with E-state index in [0.717, 1.165) is 0 Å². The zero-order valence-electron chi connectivity index (χ0n) is 10.8. The van der Waals surface area contributed by atoms with Gasteiger partial charge in [-0.3, -0.25) is 4.79 Å². The molecule has 1 aromatic carbocycles. The summed E-state index contributed by atoms with van der Waals surface area (Å²) in [5.74, 6) is 0.278. The fraction of sp³-hybridized carbons (Fsp3) is 0.462. The van der Waals surface area contributed by atoms with Crippen LogP contribution in [0, 0.1) is 0 Å². The van der Waals surface area contributed by atoms with Gasteiger partial charge in [0.15, 0.2) is 0 Å². The van der Waals surface area contributed by atoms with Gasteiger partial charge in [0.1, 0.15) is 23.1 Å². The molecule has 100 valence electrons. The minimum absolute atomic E-state index is 0.222. The predicted octanol–water partition coefficient (Wildman–Crippen LogP) is 1.65. The first kappa shape index (κ1) is 14.3. The maximum absolute atomic E-state index is 10.7. The summed E-state index contributed by atoms with van der Waals surface area (Å²) in [6.07, 6.45) is 0.222. The molecule has 0 aliphatic heterocycles. The summed E-state index contributed by atoms with van der Waals surface area (Å²) in [6, 6.07) is 6.21. The molecule has 0 aromatic heterocycles. The van der Waals surface area contributed by atoms with Gasteiger partial charge < -0.3 is 20.3 Å². The largest absolute Gasteiger partial charge is 0.497 e. The summed E-state index contributed by atoms with van der Waals surface area (Å²) < 4.78 is 10.8. The summed E-state index contributed by atoms with van der Waals surface area (Å²) >= 11 is 0. The second kappa shape index (κ2) is 5.73. The van der Waals surface area contributed by atoms with Crippen molar-refractivity contribution >= 4 is 5.97 Å². The molecular formula is C13H19NO4. The second-order valence-corrected chi connectivity index (χ2v) is 4.69. The summed E-state index contributed by atoms with van der Waals surface area (Å²) in [5.41, 5.74) is 4.85. The van der Waals surface area contributed by atoms with E-state index in [4.69, 9.17) is 20.3 Å². The number of methoxy groups -OCH3 is 1. The third-order valence-electron chi connectivity index (χ3n) is 2.46. The number of aliphatic carboxylic acids is 1. The summed E-state index contributed by atoms with van der Waals surface area (Å²) in [7, 11) is 1.57. The van der Waals surface area contributed by atoms with Crippen LogP contribution in [0.4, 0.5) is 0 Å². The Hall–Kier alpha value is -1.75. The lowest BCUT2D eigenvalue weighted by Crippen LogP contribution is -2.41. The first-order valence-corrected chi connectivity index (χ1v) is 5.65. The van der Waals surface area contributed by atoms with Gasteiger partial charge in [-0.25, -0.2) is 0 Å². The number of carbonyl (C=O) groups is 1. The number of hydrogen-bond donors (Lipinski definition) is 2. The van der Waals surface area contributed by atoms with Gasteiger partial charge in [0.2, 0.25) is 0 Å². The molecule has 1 aromatic rings. The van der Waals surface area contributed by atoms with Gasteiger partial charge in [0.05, 0.1) is 7.11 Å². The standard InChI is InChI=1S/C13H19NO4/c1-13(2,8-11(14)12(15)16)18-10-6-4-5-9(7-10)17-3/h4-7,11H,8,14H2,1-3H3,(H,15,16). The number of hydrogen-bond acceptors (Lipinski definition) is 4. The van der Waals surface area contributed by atoms with E-state index >= 15 is 0 Å². The third-order valence-corrected chi connectivity index (χ3v) is 2.46. The molecule has 1 atom stereocenters. The molecule has 0 aliphatic rings. The van der Waals surface area contributed by atoms with Crippen molar-refractivity contribution in [3.8, 4) is 11.5 Å². The number of nitrogens with two attached hydrogens (primary N) is 1. The maximum atomic E-state index is 10.7. The smallest absolute Gasteiger partial charge is 0.320 e. The first-order valence-electron chi connectivity index (χ1n) is 5.65. The van der Waals surface area contributed by atoms with E-state index in [1.807, 2.05) is 6.07 Å². The molecular weight excluding hydrogens is 234 g/mol. The first-order chi connectivity index (χ1) is 8.34. The molecule has 1 rings (SSSR count). The van der Waals surface area contributed by atoms with Crippen molar-refractivity contribution in [1.82, 2.24) is 0 Å². The van der Waals surface area contributed by atoms with E-state index < -0.39 is 17.6 Å². The van der Waals surface area contributed by atoms with Crippen molar-refractivity contribution in [2.45, 2.75) is 31.9 Å². The highest BCUT2D eigenvalue weighted by Crippen LogP contribution is 2.25. The normalized spacial score (nSPS) is 12.9. The van der Waals surface area contributed by atoms with E-state index in [1.54, 1.807) is 39.2 Å². The van der Waals surface area contributed by atoms with Crippen LogP contribution in [0.1, 0.15) is 20.3 Å². The van der Waals surface area contributed by atoms with Gasteiger partial charge in [0.25, 0.3) is 0 Å². The van der Waals surface area contributed by atoms with E-state index in [2.05, 4.69) is 0 Å². The van der Waals surface area contributed by atoms with Gasteiger partial charge in [-0.2, -0.15) is 0 Å². The van der Waals surface area contributed by atoms with Crippen LogP contribution in [0.3, 0.4) is 0 Å². The average Bonchev–Trinajstić information content (AvgIpc) is 2.27. The van der Waals surface area contributed by atoms with Crippen molar-refractivity contribution < 1.29 is 19.4 Å². The molecule has 0 fully saturated rings. The molecule has 0 radical (unpaired) electrons. The van der Waals surface area contributed by atoms with Crippen LogP contribution in [0.25, 0.3) is 0 Å². The average molecular weight is 253 g/mol. The molecule has 0 aliphatic carbocycles. The molecule has 0 saturated carbocycles. The number of rotatable bonds is 6. The van der Waals surface area contributed by atoms with Crippen LogP contribution in [0.5, 0.6) is 11.5 Å². The topological polar surface area (TPSA) is 81.8 Å².